The van der Waals surface area contributed by atoms with Gasteiger partial charge in [0, 0.05) is 6.54 Å². The summed E-state index contributed by atoms with van der Waals surface area (Å²) in [5.41, 5.74) is 0.249. The van der Waals surface area contributed by atoms with Gasteiger partial charge in [0.2, 0.25) is 5.76 Å². The van der Waals surface area contributed by atoms with E-state index in [-0.39, 0.29) is 23.0 Å². The first kappa shape index (κ1) is 17.7. The Balaban J connectivity index is 2.01. The molecule has 0 radical (unpaired) electrons. The number of carbonyl (C=O) groups excluding carboxylic acids is 2. The van der Waals surface area contributed by atoms with Crippen molar-refractivity contribution in [2.75, 3.05) is 6.54 Å². The van der Waals surface area contributed by atoms with E-state index in [1.54, 1.807) is 18.2 Å². The van der Waals surface area contributed by atoms with E-state index >= 15 is 0 Å². The Kier molecular flexibility index (Phi) is 5.73. The van der Waals surface area contributed by atoms with Gasteiger partial charge in [-0.2, -0.15) is 0 Å². The van der Waals surface area contributed by atoms with E-state index in [2.05, 4.69) is 5.32 Å². The first-order chi connectivity index (χ1) is 11.4. The van der Waals surface area contributed by atoms with Gasteiger partial charge in [-0.15, -0.1) is 0 Å². The number of nitrogens with one attached hydrogen (secondary N) is 1. The molecule has 1 N–H and O–H groups in total. The molecule has 0 saturated carbocycles. The molecular formula is C18H20FNO4. The molecule has 1 atom stereocenters. The molecule has 0 unspecified atom stereocenters. The second kappa shape index (κ2) is 7.77. The van der Waals surface area contributed by atoms with Crippen LogP contribution in [0.3, 0.4) is 0 Å². The van der Waals surface area contributed by atoms with E-state index in [9.17, 15) is 14.0 Å². The lowest BCUT2D eigenvalue weighted by Crippen LogP contribution is -2.37. The maximum atomic E-state index is 13.7. The minimum atomic E-state index is -0.946. The molecule has 0 saturated heterocycles. The summed E-state index contributed by atoms with van der Waals surface area (Å²) in [5, 5.41) is 2.68. The summed E-state index contributed by atoms with van der Waals surface area (Å²) in [6.07, 6.45) is -0.946. The van der Waals surface area contributed by atoms with Crippen molar-refractivity contribution in [1.82, 2.24) is 5.32 Å². The Hall–Kier alpha value is -2.63. The lowest BCUT2D eigenvalue weighted by atomic mass is 10.1. The minimum absolute atomic E-state index is 0.0863. The maximum Gasteiger partial charge on any atom is 0.375 e. The van der Waals surface area contributed by atoms with Crippen LogP contribution in [-0.4, -0.2) is 24.5 Å². The SMILES string of the molecule is CC(C)CNC(=O)[C@@H](C)OC(=O)c1ccc(-c2ccccc2F)o1. The molecule has 6 heteroatoms. The predicted molar refractivity (Wildman–Crippen MR) is 86.8 cm³/mol. The summed E-state index contributed by atoms with van der Waals surface area (Å²) in [7, 11) is 0. The summed E-state index contributed by atoms with van der Waals surface area (Å²) in [6, 6.07) is 8.96. The van der Waals surface area contributed by atoms with Crippen LogP contribution in [0.1, 0.15) is 31.3 Å². The molecule has 128 valence electrons. The van der Waals surface area contributed by atoms with Crippen LogP contribution in [0, 0.1) is 11.7 Å². The van der Waals surface area contributed by atoms with Crippen LogP contribution in [0.25, 0.3) is 11.3 Å². The van der Waals surface area contributed by atoms with Gasteiger partial charge < -0.3 is 14.5 Å². The predicted octanol–water partition coefficient (Wildman–Crippen LogP) is 3.40. The van der Waals surface area contributed by atoms with Crippen molar-refractivity contribution < 1.29 is 23.1 Å². The maximum absolute atomic E-state index is 13.7. The molecule has 1 aromatic heterocycles. The number of halogens is 1. The van der Waals surface area contributed by atoms with Crippen LogP contribution in [0.15, 0.2) is 40.8 Å². The normalized spacial score (nSPS) is 12.0. The van der Waals surface area contributed by atoms with Crippen molar-refractivity contribution >= 4 is 11.9 Å². The molecule has 0 aliphatic rings. The monoisotopic (exact) mass is 333 g/mol. The van der Waals surface area contributed by atoms with Crippen molar-refractivity contribution in [3.8, 4) is 11.3 Å². The second-order valence-corrected chi connectivity index (χ2v) is 5.83. The molecule has 0 aliphatic carbocycles. The number of carbonyl (C=O) groups is 2. The summed E-state index contributed by atoms with van der Waals surface area (Å²) in [5.74, 6) is -1.17. The van der Waals surface area contributed by atoms with Gasteiger partial charge in [-0.1, -0.05) is 26.0 Å². The Morgan fingerprint density at radius 2 is 1.88 bits per heavy atom. The molecular weight excluding hydrogens is 313 g/mol. The highest BCUT2D eigenvalue weighted by Gasteiger charge is 2.21. The van der Waals surface area contributed by atoms with E-state index in [0.29, 0.717) is 12.5 Å². The van der Waals surface area contributed by atoms with Crippen molar-refractivity contribution in [1.29, 1.82) is 0 Å². The fourth-order valence-corrected chi connectivity index (χ4v) is 1.97. The van der Waals surface area contributed by atoms with Crippen molar-refractivity contribution in [2.45, 2.75) is 26.9 Å². The van der Waals surface area contributed by atoms with Gasteiger partial charge in [-0.05, 0) is 37.1 Å². The summed E-state index contributed by atoms with van der Waals surface area (Å²) < 4.78 is 24.1. The number of benzene rings is 1. The Labute approximate surface area is 139 Å². The molecule has 0 spiro atoms. The zero-order valence-corrected chi connectivity index (χ0v) is 13.8. The number of rotatable bonds is 6. The highest BCUT2D eigenvalue weighted by molar-refractivity contribution is 5.90. The lowest BCUT2D eigenvalue weighted by molar-refractivity contribution is -0.129. The lowest BCUT2D eigenvalue weighted by Gasteiger charge is -2.13. The minimum Gasteiger partial charge on any atom is -0.449 e. The third kappa shape index (κ3) is 4.44. The van der Waals surface area contributed by atoms with Gasteiger partial charge in [0.1, 0.15) is 11.6 Å². The Morgan fingerprint density at radius 3 is 2.54 bits per heavy atom. The molecule has 2 aromatic rings. The van der Waals surface area contributed by atoms with E-state index in [0.717, 1.165) is 0 Å². The molecule has 2 rings (SSSR count). The van der Waals surface area contributed by atoms with Crippen LogP contribution >= 0.6 is 0 Å². The van der Waals surface area contributed by atoms with Gasteiger partial charge in [0.25, 0.3) is 5.91 Å². The van der Waals surface area contributed by atoms with Crippen molar-refractivity contribution in [3.05, 3.63) is 48.0 Å². The summed E-state index contributed by atoms with van der Waals surface area (Å²) in [4.78, 5) is 23.9. The number of hydrogen-bond donors (Lipinski definition) is 1. The zero-order valence-electron chi connectivity index (χ0n) is 13.8. The molecule has 0 fully saturated rings. The van der Waals surface area contributed by atoms with E-state index in [1.807, 2.05) is 13.8 Å². The van der Waals surface area contributed by atoms with Crippen LogP contribution in [0.5, 0.6) is 0 Å². The number of ether oxygens (including phenoxy) is 1. The topological polar surface area (TPSA) is 68.5 Å². The molecule has 1 aromatic carbocycles. The molecule has 5 nitrogen and oxygen atoms in total. The average Bonchev–Trinajstić information content (AvgIpc) is 3.02. The van der Waals surface area contributed by atoms with E-state index in [4.69, 9.17) is 9.15 Å². The van der Waals surface area contributed by atoms with Crippen LogP contribution in [0.4, 0.5) is 4.39 Å². The summed E-state index contributed by atoms with van der Waals surface area (Å²) >= 11 is 0. The van der Waals surface area contributed by atoms with Gasteiger partial charge >= 0.3 is 5.97 Å². The molecule has 24 heavy (non-hydrogen) atoms. The van der Waals surface area contributed by atoms with Gasteiger partial charge in [0.15, 0.2) is 6.10 Å². The highest BCUT2D eigenvalue weighted by Crippen LogP contribution is 2.25. The first-order valence-electron chi connectivity index (χ1n) is 7.72. The molecule has 0 bridgehead atoms. The fourth-order valence-electron chi connectivity index (χ4n) is 1.97. The second-order valence-electron chi connectivity index (χ2n) is 5.83. The smallest absolute Gasteiger partial charge is 0.375 e. The molecule has 1 amide bonds. The molecule has 1 heterocycles. The number of furan rings is 1. The number of hydrogen-bond acceptors (Lipinski definition) is 4. The number of amides is 1. The standard InChI is InChI=1S/C18H20FNO4/c1-11(2)10-20-17(21)12(3)23-18(22)16-9-8-15(24-16)13-6-4-5-7-14(13)19/h4-9,11-12H,10H2,1-3H3,(H,20,21)/t12-/m1/s1. The van der Waals surface area contributed by atoms with E-state index < -0.39 is 17.9 Å². The zero-order chi connectivity index (χ0) is 17.7. The quantitative estimate of drug-likeness (QED) is 0.823. The number of esters is 1. The highest BCUT2D eigenvalue weighted by atomic mass is 19.1. The third-order valence-electron chi connectivity index (χ3n) is 3.28. The Bertz CT molecular complexity index is 723. The van der Waals surface area contributed by atoms with Gasteiger partial charge in [-0.25, -0.2) is 9.18 Å². The van der Waals surface area contributed by atoms with Gasteiger partial charge in [0.05, 0.1) is 5.56 Å². The van der Waals surface area contributed by atoms with Crippen LogP contribution in [0.2, 0.25) is 0 Å². The first-order valence-corrected chi connectivity index (χ1v) is 7.72. The third-order valence-corrected chi connectivity index (χ3v) is 3.28. The Morgan fingerprint density at radius 1 is 1.17 bits per heavy atom. The largest absolute Gasteiger partial charge is 0.449 e. The van der Waals surface area contributed by atoms with Crippen molar-refractivity contribution in [2.24, 2.45) is 5.92 Å². The molecule has 0 aliphatic heterocycles. The average molecular weight is 333 g/mol. The summed E-state index contributed by atoms with van der Waals surface area (Å²) in [6.45, 7) is 5.90. The van der Waals surface area contributed by atoms with Crippen LogP contribution < -0.4 is 5.32 Å². The van der Waals surface area contributed by atoms with E-state index in [1.165, 1.54) is 25.1 Å². The van der Waals surface area contributed by atoms with Crippen LogP contribution in [-0.2, 0) is 9.53 Å². The fraction of sp³-hybridized carbons (Fsp3) is 0.333. The van der Waals surface area contributed by atoms with Crippen molar-refractivity contribution in [3.63, 3.8) is 0 Å². The van der Waals surface area contributed by atoms with Gasteiger partial charge in [-0.3, -0.25) is 4.79 Å².